The first-order valence-electron chi connectivity index (χ1n) is 11.2. The molecule has 4 aromatic carbocycles. The number of rotatable bonds is 9. The van der Waals surface area contributed by atoms with Crippen molar-refractivity contribution in [2.45, 2.75) is 6.61 Å². The number of hydrogen-bond donors (Lipinski definition) is 1. The molecular formula is C29H24N2O5. The van der Waals surface area contributed by atoms with Crippen molar-refractivity contribution in [3.05, 3.63) is 125 Å². The van der Waals surface area contributed by atoms with E-state index in [0.29, 0.717) is 40.5 Å². The molecule has 0 bridgehead atoms. The van der Waals surface area contributed by atoms with E-state index < -0.39 is 11.9 Å². The number of hydrogen-bond acceptors (Lipinski definition) is 6. The van der Waals surface area contributed by atoms with Gasteiger partial charge in [0, 0.05) is 0 Å². The van der Waals surface area contributed by atoms with Gasteiger partial charge in [-0.2, -0.15) is 5.10 Å². The maximum absolute atomic E-state index is 12.7. The number of benzene rings is 4. The number of ether oxygens (including phenoxy) is 3. The van der Waals surface area contributed by atoms with Crippen molar-refractivity contribution in [3.63, 3.8) is 0 Å². The van der Waals surface area contributed by atoms with Gasteiger partial charge in [-0.25, -0.2) is 10.2 Å². The predicted octanol–water partition coefficient (Wildman–Crippen LogP) is 5.26. The van der Waals surface area contributed by atoms with Crippen molar-refractivity contribution in [1.29, 1.82) is 0 Å². The van der Waals surface area contributed by atoms with E-state index in [9.17, 15) is 9.59 Å². The Kier molecular flexibility index (Phi) is 8.07. The van der Waals surface area contributed by atoms with Crippen molar-refractivity contribution in [1.82, 2.24) is 5.43 Å². The summed E-state index contributed by atoms with van der Waals surface area (Å²) in [6, 6.07) is 30.1. The SMILES string of the molecule is COc1ccc(C(=O)Oc2cccc(/C=N/NC(=O)c3ccccc3OCc3ccccc3)c2)cc1. The molecule has 7 nitrogen and oxygen atoms in total. The highest BCUT2D eigenvalue weighted by Gasteiger charge is 2.12. The summed E-state index contributed by atoms with van der Waals surface area (Å²) in [5, 5.41) is 4.04. The molecule has 0 atom stereocenters. The van der Waals surface area contributed by atoms with Gasteiger partial charge in [0.2, 0.25) is 0 Å². The van der Waals surface area contributed by atoms with Crippen molar-refractivity contribution in [2.75, 3.05) is 7.11 Å². The quantitative estimate of drug-likeness (QED) is 0.153. The van der Waals surface area contributed by atoms with Crippen molar-refractivity contribution in [3.8, 4) is 17.2 Å². The van der Waals surface area contributed by atoms with Crippen LogP contribution in [0.2, 0.25) is 0 Å². The minimum absolute atomic E-state index is 0.344. The maximum Gasteiger partial charge on any atom is 0.343 e. The van der Waals surface area contributed by atoms with Crippen molar-refractivity contribution >= 4 is 18.1 Å². The Morgan fingerprint density at radius 2 is 1.58 bits per heavy atom. The lowest BCUT2D eigenvalue weighted by molar-refractivity contribution is 0.0734. The molecule has 0 radical (unpaired) electrons. The molecule has 4 aromatic rings. The van der Waals surface area contributed by atoms with E-state index in [0.717, 1.165) is 5.56 Å². The number of esters is 1. The zero-order chi connectivity index (χ0) is 25.2. The average molecular weight is 481 g/mol. The van der Waals surface area contributed by atoms with Gasteiger partial charge in [-0.3, -0.25) is 4.79 Å². The highest BCUT2D eigenvalue weighted by Crippen LogP contribution is 2.20. The molecule has 0 spiro atoms. The molecular weight excluding hydrogens is 456 g/mol. The van der Waals surface area contributed by atoms with Gasteiger partial charge < -0.3 is 14.2 Å². The number of hydrazone groups is 1. The molecule has 36 heavy (non-hydrogen) atoms. The number of nitrogens with one attached hydrogen (secondary N) is 1. The summed E-state index contributed by atoms with van der Waals surface area (Å²) in [6.07, 6.45) is 1.47. The van der Waals surface area contributed by atoms with Gasteiger partial charge in [0.05, 0.1) is 24.5 Å². The summed E-state index contributed by atoms with van der Waals surface area (Å²) in [7, 11) is 1.56. The second kappa shape index (κ2) is 12.0. The van der Waals surface area contributed by atoms with Crippen LogP contribution >= 0.6 is 0 Å². The fourth-order valence-electron chi connectivity index (χ4n) is 3.29. The van der Waals surface area contributed by atoms with Gasteiger partial charge in [-0.05, 0) is 59.7 Å². The Bertz CT molecular complexity index is 1350. The summed E-state index contributed by atoms with van der Waals surface area (Å²) in [4.78, 5) is 25.1. The molecule has 0 fully saturated rings. The lowest BCUT2D eigenvalue weighted by atomic mass is 10.2. The summed E-state index contributed by atoms with van der Waals surface area (Å²) in [5.74, 6) is 0.564. The molecule has 0 unspecified atom stereocenters. The number of amides is 1. The van der Waals surface area contributed by atoms with Crippen LogP contribution in [0.1, 0.15) is 31.8 Å². The Morgan fingerprint density at radius 1 is 0.833 bits per heavy atom. The summed E-state index contributed by atoms with van der Waals surface area (Å²) >= 11 is 0. The van der Waals surface area contributed by atoms with Crippen LogP contribution in [0.15, 0.2) is 108 Å². The minimum Gasteiger partial charge on any atom is -0.497 e. The molecule has 7 heteroatoms. The van der Waals surface area contributed by atoms with Crippen LogP contribution in [0.4, 0.5) is 0 Å². The maximum atomic E-state index is 12.7. The molecule has 0 aromatic heterocycles. The second-order valence-electron chi connectivity index (χ2n) is 7.66. The lowest BCUT2D eigenvalue weighted by Gasteiger charge is -2.10. The zero-order valence-corrected chi connectivity index (χ0v) is 19.6. The van der Waals surface area contributed by atoms with E-state index in [1.54, 1.807) is 79.9 Å². The highest BCUT2D eigenvalue weighted by atomic mass is 16.5. The van der Waals surface area contributed by atoms with E-state index in [4.69, 9.17) is 14.2 Å². The van der Waals surface area contributed by atoms with Crippen LogP contribution < -0.4 is 19.6 Å². The fraction of sp³-hybridized carbons (Fsp3) is 0.0690. The first-order chi connectivity index (χ1) is 17.6. The van der Waals surface area contributed by atoms with Crippen LogP contribution in [0, 0.1) is 0 Å². The molecule has 180 valence electrons. The number of carbonyl (C=O) groups excluding carboxylic acids is 2. The predicted molar refractivity (Wildman–Crippen MR) is 137 cm³/mol. The molecule has 1 N–H and O–H groups in total. The molecule has 0 aliphatic rings. The van der Waals surface area contributed by atoms with E-state index in [1.165, 1.54) is 6.21 Å². The van der Waals surface area contributed by atoms with Crippen molar-refractivity contribution < 1.29 is 23.8 Å². The number of carbonyl (C=O) groups is 2. The lowest BCUT2D eigenvalue weighted by Crippen LogP contribution is -2.18. The Hall–Kier alpha value is -4.91. The monoisotopic (exact) mass is 480 g/mol. The Balaban J connectivity index is 1.36. The largest absolute Gasteiger partial charge is 0.497 e. The fourth-order valence-corrected chi connectivity index (χ4v) is 3.29. The van der Waals surface area contributed by atoms with Crippen LogP contribution in [-0.2, 0) is 6.61 Å². The van der Waals surface area contributed by atoms with Crippen LogP contribution in [0.3, 0.4) is 0 Å². The van der Waals surface area contributed by atoms with E-state index >= 15 is 0 Å². The summed E-state index contributed by atoms with van der Waals surface area (Å²) in [5.41, 5.74) is 4.92. The van der Waals surface area contributed by atoms with Gasteiger partial charge in [-0.1, -0.05) is 54.6 Å². The standard InChI is InChI=1S/C29H24N2O5/c1-34-24-16-14-23(15-17-24)29(33)36-25-11-7-10-22(18-25)19-30-31-28(32)26-12-5-6-13-27(26)35-20-21-8-3-2-4-9-21/h2-19H,20H2,1H3,(H,31,32)/b30-19+. The molecule has 0 saturated carbocycles. The molecule has 0 aliphatic heterocycles. The third-order valence-electron chi connectivity index (χ3n) is 5.14. The third-order valence-corrected chi connectivity index (χ3v) is 5.14. The van der Waals surface area contributed by atoms with E-state index in [-0.39, 0.29) is 0 Å². The summed E-state index contributed by atoms with van der Waals surface area (Å²) in [6.45, 7) is 0.344. The van der Waals surface area contributed by atoms with E-state index in [1.807, 2.05) is 30.3 Å². The zero-order valence-electron chi connectivity index (χ0n) is 19.6. The number of methoxy groups -OCH3 is 1. The van der Waals surface area contributed by atoms with Crippen LogP contribution in [-0.4, -0.2) is 25.2 Å². The highest BCUT2D eigenvalue weighted by molar-refractivity contribution is 5.97. The molecule has 1 amide bonds. The first kappa shape index (κ1) is 24.2. The number of nitrogens with zero attached hydrogens (tertiary/aromatic N) is 1. The smallest absolute Gasteiger partial charge is 0.343 e. The normalized spacial score (nSPS) is 10.6. The minimum atomic E-state index is -0.493. The summed E-state index contributed by atoms with van der Waals surface area (Å²) < 4.78 is 16.4. The molecule has 0 heterocycles. The second-order valence-corrected chi connectivity index (χ2v) is 7.66. The Morgan fingerprint density at radius 3 is 2.36 bits per heavy atom. The molecule has 0 aliphatic carbocycles. The first-order valence-corrected chi connectivity index (χ1v) is 11.2. The van der Waals surface area contributed by atoms with Crippen LogP contribution in [0.5, 0.6) is 17.2 Å². The van der Waals surface area contributed by atoms with E-state index in [2.05, 4.69) is 10.5 Å². The third kappa shape index (κ3) is 6.57. The van der Waals surface area contributed by atoms with Crippen LogP contribution in [0.25, 0.3) is 0 Å². The van der Waals surface area contributed by atoms with Gasteiger partial charge >= 0.3 is 5.97 Å². The Labute approximate surface area is 209 Å². The number of para-hydroxylation sites is 1. The van der Waals surface area contributed by atoms with Gasteiger partial charge in [0.15, 0.2) is 0 Å². The van der Waals surface area contributed by atoms with Gasteiger partial charge in [0.25, 0.3) is 5.91 Å². The molecule has 4 rings (SSSR count). The average Bonchev–Trinajstić information content (AvgIpc) is 2.93. The topological polar surface area (TPSA) is 86.2 Å². The van der Waals surface area contributed by atoms with Gasteiger partial charge in [-0.15, -0.1) is 0 Å². The van der Waals surface area contributed by atoms with Crippen molar-refractivity contribution in [2.24, 2.45) is 5.10 Å². The van der Waals surface area contributed by atoms with Gasteiger partial charge in [0.1, 0.15) is 23.9 Å². The molecule has 0 saturated heterocycles.